The van der Waals surface area contributed by atoms with Gasteiger partial charge in [0.15, 0.2) is 0 Å². The molecule has 0 radical (unpaired) electrons. The van der Waals surface area contributed by atoms with Crippen LogP contribution in [-0.2, 0) is 0 Å². The second-order valence-corrected chi connectivity index (χ2v) is 2.86. The maximum Gasteiger partial charge on any atom is 0.138 e. The van der Waals surface area contributed by atoms with E-state index in [1.807, 2.05) is 19.9 Å². The minimum Gasteiger partial charge on any atom is -0.231 e. The zero-order valence-electron chi connectivity index (χ0n) is 7.23. The molecule has 0 aliphatic carbocycles. The predicted octanol–water partition coefficient (Wildman–Crippen LogP) is 1.90. The molecule has 0 saturated carbocycles. The van der Waals surface area contributed by atoms with E-state index in [4.69, 9.17) is 5.26 Å². The van der Waals surface area contributed by atoms with Gasteiger partial charge in [-0.3, -0.25) is 0 Å². The Morgan fingerprint density at radius 2 is 2.42 bits per heavy atom. The Morgan fingerprint density at radius 3 is 2.83 bits per heavy atom. The number of hydrogen-bond donors (Lipinski definition) is 0. The smallest absolute Gasteiger partial charge is 0.138 e. The van der Waals surface area contributed by atoms with Crippen LogP contribution in [0.1, 0.15) is 13.8 Å². The SMILES string of the molecule is CC(C)/C=C(\C#N)n1cccn1. The van der Waals surface area contributed by atoms with Crippen molar-refractivity contribution >= 4 is 5.70 Å². The van der Waals surface area contributed by atoms with Crippen molar-refractivity contribution in [3.63, 3.8) is 0 Å². The number of allylic oxidation sites excluding steroid dienone is 2. The van der Waals surface area contributed by atoms with E-state index in [0.717, 1.165) is 0 Å². The summed E-state index contributed by atoms with van der Waals surface area (Å²) in [5.41, 5.74) is 0.579. The Labute approximate surface area is 71.9 Å². The van der Waals surface area contributed by atoms with E-state index in [9.17, 15) is 0 Å². The highest BCUT2D eigenvalue weighted by Crippen LogP contribution is 2.05. The molecule has 0 saturated heterocycles. The van der Waals surface area contributed by atoms with E-state index in [-0.39, 0.29) is 0 Å². The van der Waals surface area contributed by atoms with E-state index >= 15 is 0 Å². The van der Waals surface area contributed by atoms with Crippen molar-refractivity contribution in [2.24, 2.45) is 5.92 Å². The van der Waals surface area contributed by atoms with Crippen LogP contribution in [0.3, 0.4) is 0 Å². The molecule has 12 heavy (non-hydrogen) atoms. The lowest BCUT2D eigenvalue weighted by Gasteiger charge is -1.99. The van der Waals surface area contributed by atoms with Crippen LogP contribution in [0.15, 0.2) is 24.5 Å². The molecule has 0 aromatic carbocycles. The molecule has 0 bridgehead atoms. The summed E-state index contributed by atoms with van der Waals surface area (Å²) in [6.45, 7) is 4.06. The van der Waals surface area contributed by atoms with Gasteiger partial charge in [0.1, 0.15) is 11.8 Å². The first kappa shape index (κ1) is 8.54. The van der Waals surface area contributed by atoms with E-state index < -0.39 is 0 Å². The van der Waals surface area contributed by atoms with Crippen LogP contribution >= 0.6 is 0 Å². The van der Waals surface area contributed by atoms with Crippen LogP contribution in [-0.4, -0.2) is 9.78 Å². The lowest BCUT2D eigenvalue weighted by Crippen LogP contribution is -1.96. The summed E-state index contributed by atoms with van der Waals surface area (Å²) in [4.78, 5) is 0. The Morgan fingerprint density at radius 1 is 1.67 bits per heavy atom. The molecule has 0 atom stereocenters. The van der Waals surface area contributed by atoms with Gasteiger partial charge in [-0.15, -0.1) is 0 Å². The molecular formula is C9H11N3. The van der Waals surface area contributed by atoms with E-state index in [0.29, 0.717) is 11.6 Å². The van der Waals surface area contributed by atoms with Crippen LogP contribution in [0.5, 0.6) is 0 Å². The molecule has 0 aliphatic rings. The molecule has 1 aromatic rings. The fourth-order valence-electron chi connectivity index (χ4n) is 0.892. The van der Waals surface area contributed by atoms with Crippen molar-refractivity contribution < 1.29 is 0 Å². The Hall–Kier alpha value is -1.56. The Bertz CT molecular complexity index is 301. The minimum atomic E-state index is 0.365. The van der Waals surface area contributed by atoms with Crippen molar-refractivity contribution in [3.8, 4) is 6.07 Å². The summed E-state index contributed by atoms with van der Waals surface area (Å²) >= 11 is 0. The summed E-state index contributed by atoms with van der Waals surface area (Å²) in [7, 11) is 0. The third-order valence-electron chi connectivity index (χ3n) is 1.36. The van der Waals surface area contributed by atoms with Crippen molar-refractivity contribution in [2.45, 2.75) is 13.8 Å². The fraction of sp³-hybridized carbons (Fsp3) is 0.333. The molecule has 0 fully saturated rings. The van der Waals surface area contributed by atoms with Gasteiger partial charge in [0.05, 0.1) is 0 Å². The van der Waals surface area contributed by atoms with Gasteiger partial charge in [0, 0.05) is 12.4 Å². The first-order valence-corrected chi connectivity index (χ1v) is 3.86. The summed E-state index contributed by atoms with van der Waals surface area (Å²) in [6, 6.07) is 3.89. The molecular weight excluding hydrogens is 150 g/mol. The number of rotatable bonds is 2. The van der Waals surface area contributed by atoms with Gasteiger partial charge in [0.2, 0.25) is 0 Å². The topological polar surface area (TPSA) is 41.6 Å². The zero-order valence-corrected chi connectivity index (χ0v) is 7.23. The average molecular weight is 161 g/mol. The zero-order chi connectivity index (χ0) is 8.97. The second-order valence-electron chi connectivity index (χ2n) is 2.86. The third kappa shape index (κ3) is 1.96. The Kier molecular flexibility index (Phi) is 2.65. The molecule has 3 nitrogen and oxygen atoms in total. The third-order valence-corrected chi connectivity index (χ3v) is 1.36. The monoisotopic (exact) mass is 161 g/mol. The molecule has 0 unspecified atom stereocenters. The van der Waals surface area contributed by atoms with Gasteiger partial charge in [-0.2, -0.15) is 10.4 Å². The molecule has 1 heterocycles. The largest absolute Gasteiger partial charge is 0.231 e. The highest BCUT2D eigenvalue weighted by molar-refractivity contribution is 5.59. The average Bonchev–Trinajstić information content (AvgIpc) is 2.51. The van der Waals surface area contributed by atoms with Gasteiger partial charge in [-0.05, 0) is 18.1 Å². The number of nitriles is 1. The molecule has 0 spiro atoms. The van der Waals surface area contributed by atoms with Crippen molar-refractivity contribution in [1.82, 2.24) is 9.78 Å². The van der Waals surface area contributed by atoms with Crippen molar-refractivity contribution in [1.29, 1.82) is 5.26 Å². The highest BCUT2D eigenvalue weighted by Gasteiger charge is 1.98. The molecule has 1 rings (SSSR count). The predicted molar refractivity (Wildman–Crippen MR) is 47.0 cm³/mol. The van der Waals surface area contributed by atoms with Crippen LogP contribution in [0, 0.1) is 17.2 Å². The quantitative estimate of drug-likeness (QED) is 0.621. The number of nitrogens with zero attached hydrogens (tertiary/aromatic N) is 3. The van der Waals surface area contributed by atoms with Gasteiger partial charge in [-0.1, -0.05) is 13.8 Å². The molecule has 62 valence electrons. The second kappa shape index (κ2) is 3.72. The van der Waals surface area contributed by atoms with Gasteiger partial charge < -0.3 is 0 Å². The maximum absolute atomic E-state index is 8.77. The molecule has 0 aliphatic heterocycles. The van der Waals surface area contributed by atoms with Crippen LogP contribution < -0.4 is 0 Å². The minimum absolute atomic E-state index is 0.365. The van der Waals surface area contributed by atoms with Gasteiger partial charge >= 0.3 is 0 Å². The summed E-state index contributed by atoms with van der Waals surface area (Å²) in [5.74, 6) is 0.365. The van der Waals surface area contributed by atoms with Crippen molar-refractivity contribution in [2.75, 3.05) is 0 Å². The fourth-order valence-corrected chi connectivity index (χ4v) is 0.892. The van der Waals surface area contributed by atoms with Gasteiger partial charge in [0.25, 0.3) is 0 Å². The number of aromatic nitrogens is 2. The van der Waals surface area contributed by atoms with Crippen LogP contribution in [0.4, 0.5) is 0 Å². The lowest BCUT2D eigenvalue weighted by atomic mass is 10.2. The highest BCUT2D eigenvalue weighted by atomic mass is 15.3. The summed E-state index contributed by atoms with van der Waals surface area (Å²) in [6.07, 6.45) is 5.30. The first-order valence-electron chi connectivity index (χ1n) is 3.86. The first-order chi connectivity index (χ1) is 5.74. The number of hydrogen-bond acceptors (Lipinski definition) is 2. The van der Waals surface area contributed by atoms with E-state index in [1.165, 1.54) is 0 Å². The molecule has 0 N–H and O–H groups in total. The van der Waals surface area contributed by atoms with Crippen LogP contribution in [0.2, 0.25) is 0 Å². The maximum atomic E-state index is 8.77. The Balaban J connectivity index is 2.93. The standard InChI is InChI=1S/C9H11N3/c1-8(2)6-9(7-10)12-5-3-4-11-12/h3-6,8H,1-2H3/b9-6+. The normalized spacial score (nSPS) is 11.7. The molecule has 0 amide bonds. The van der Waals surface area contributed by atoms with Crippen molar-refractivity contribution in [3.05, 3.63) is 24.5 Å². The van der Waals surface area contributed by atoms with E-state index in [2.05, 4.69) is 11.2 Å². The van der Waals surface area contributed by atoms with Gasteiger partial charge in [-0.25, -0.2) is 4.68 Å². The van der Waals surface area contributed by atoms with Crippen LogP contribution in [0.25, 0.3) is 5.70 Å². The summed E-state index contributed by atoms with van der Waals surface area (Å²) in [5, 5.41) is 12.7. The van der Waals surface area contributed by atoms with E-state index in [1.54, 1.807) is 23.1 Å². The summed E-state index contributed by atoms with van der Waals surface area (Å²) < 4.78 is 1.57. The molecule has 1 aromatic heterocycles. The lowest BCUT2D eigenvalue weighted by molar-refractivity contribution is 0.814. The molecule has 3 heteroatoms.